The Morgan fingerprint density at radius 3 is 2.88 bits per heavy atom. The van der Waals surface area contributed by atoms with Crippen molar-refractivity contribution < 1.29 is 4.74 Å². The number of benzene rings is 1. The normalized spacial score (nSPS) is 20.1. The van der Waals surface area contributed by atoms with E-state index in [1.165, 1.54) is 16.8 Å². The predicted molar refractivity (Wildman–Crippen MR) is 71.4 cm³/mol. The lowest BCUT2D eigenvalue weighted by molar-refractivity contribution is 0.193. The van der Waals surface area contributed by atoms with Gasteiger partial charge in [-0.25, -0.2) is 0 Å². The van der Waals surface area contributed by atoms with E-state index in [2.05, 4.69) is 53.0 Å². The molecule has 0 saturated carbocycles. The van der Waals surface area contributed by atoms with E-state index in [4.69, 9.17) is 4.74 Å². The summed E-state index contributed by atoms with van der Waals surface area (Å²) in [6.07, 6.45) is 1.14. The molecule has 1 aromatic carbocycles. The van der Waals surface area contributed by atoms with Gasteiger partial charge in [-0.3, -0.25) is 0 Å². The molecule has 0 N–H and O–H groups in total. The van der Waals surface area contributed by atoms with Gasteiger partial charge < -0.3 is 9.64 Å². The summed E-state index contributed by atoms with van der Waals surface area (Å²) in [6.45, 7) is 3.93. The van der Waals surface area contributed by atoms with Gasteiger partial charge >= 0.3 is 0 Å². The van der Waals surface area contributed by atoms with Crippen molar-refractivity contribution in [1.82, 2.24) is 0 Å². The average molecular weight is 284 g/mol. The summed E-state index contributed by atoms with van der Waals surface area (Å²) in [5, 5.41) is 0.921. The van der Waals surface area contributed by atoms with Crippen molar-refractivity contribution in [1.29, 1.82) is 0 Å². The third kappa shape index (κ3) is 2.41. The second kappa shape index (κ2) is 5.19. The van der Waals surface area contributed by atoms with Gasteiger partial charge in [-0.05, 0) is 30.5 Å². The summed E-state index contributed by atoms with van der Waals surface area (Å²) in [5.41, 5.74) is 3.99. The van der Waals surface area contributed by atoms with Crippen molar-refractivity contribution in [2.75, 3.05) is 25.2 Å². The second-order valence-electron chi connectivity index (χ2n) is 4.38. The van der Waals surface area contributed by atoms with Gasteiger partial charge in [0.15, 0.2) is 0 Å². The Hall–Kier alpha value is -0.540. The van der Waals surface area contributed by atoms with Gasteiger partial charge in [0.1, 0.15) is 0 Å². The molecule has 1 saturated heterocycles. The first-order valence-corrected chi connectivity index (χ1v) is 6.80. The van der Waals surface area contributed by atoms with Gasteiger partial charge in [-0.15, -0.1) is 0 Å². The summed E-state index contributed by atoms with van der Waals surface area (Å²) in [6, 6.07) is 7.18. The van der Waals surface area contributed by atoms with Crippen LogP contribution in [0.2, 0.25) is 0 Å². The molecule has 1 aliphatic heterocycles. The zero-order chi connectivity index (χ0) is 11.5. The van der Waals surface area contributed by atoms with Crippen LogP contribution in [0.15, 0.2) is 18.2 Å². The quantitative estimate of drug-likeness (QED) is 0.791. The van der Waals surface area contributed by atoms with E-state index in [1.54, 1.807) is 0 Å². The standard InChI is InChI=1S/C13H18BrNO/c1-10-7-11(8-14)3-4-13(10)15(2)12-5-6-16-9-12/h3-4,7,12H,5-6,8-9H2,1-2H3. The van der Waals surface area contributed by atoms with Crippen LogP contribution in [0.3, 0.4) is 0 Å². The minimum absolute atomic E-state index is 0.536. The highest BCUT2D eigenvalue weighted by molar-refractivity contribution is 9.08. The van der Waals surface area contributed by atoms with Crippen molar-refractivity contribution in [3.63, 3.8) is 0 Å². The van der Waals surface area contributed by atoms with Crippen LogP contribution in [0.5, 0.6) is 0 Å². The molecule has 88 valence electrons. The first kappa shape index (κ1) is 11.9. The minimum Gasteiger partial charge on any atom is -0.379 e. The van der Waals surface area contributed by atoms with Gasteiger partial charge in [-0.2, -0.15) is 0 Å². The zero-order valence-corrected chi connectivity index (χ0v) is 11.5. The highest BCUT2D eigenvalue weighted by Gasteiger charge is 2.21. The number of nitrogens with zero attached hydrogens (tertiary/aromatic N) is 1. The molecule has 16 heavy (non-hydrogen) atoms. The van der Waals surface area contributed by atoms with Crippen molar-refractivity contribution in [3.05, 3.63) is 29.3 Å². The fourth-order valence-corrected chi connectivity index (χ4v) is 2.57. The Labute approximate surface area is 106 Å². The average Bonchev–Trinajstić information content (AvgIpc) is 2.81. The predicted octanol–water partition coefficient (Wildman–Crippen LogP) is 3.12. The van der Waals surface area contributed by atoms with Crippen LogP contribution in [0.25, 0.3) is 0 Å². The number of aryl methyl sites for hydroxylation is 1. The van der Waals surface area contributed by atoms with Crippen LogP contribution >= 0.6 is 15.9 Å². The Kier molecular flexibility index (Phi) is 3.87. The van der Waals surface area contributed by atoms with Crippen LogP contribution < -0.4 is 4.90 Å². The SMILES string of the molecule is Cc1cc(CBr)ccc1N(C)C1CCOC1. The molecular weight excluding hydrogens is 266 g/mol. The maximum absolute atomic E-state index is 5.44. The summed E-state index contributed by atoms with van der Waals surface area (Å²) in [7, 11) is 2.16. The molecule has 2 rings (SSSR count). The van der Waals surface area contributed by atoms with E-state index < -0.39 is 0 Å². The molecule has 1 heterocycles. The molecule has 1 aromatic rings. The number of likely N-dealkylation sites (N-methyl/N-ethyl adjacent to an activating group) is 1. The summed E-state index contributed by atoms with van der Waals surface area (Å²) in [4.78, 5) is 2.35. The first-order chi connectivity index (χ1) is 7.72. The molecule has 0 amide bonds. The molecular formula is C13H18BrNO. The Balaban J connectivity index is 2.19. The van der Waals surface area contributed by atoms with Gasteiger partial charge in [0.05, 0.1) is 12.6 Å². The second-order valence-corrected chi connectivity index (χ2v) is 4.94. The van der Waals surface area contributed by atoms with Crippen LogP contribution in [-0.4, -0.2) is 26.3 Å². The Morgan fingerprint density at radius 1 is 1.50 bits per heavy atom. The number of hydrogen-bond acceptors (Lipinski definition) is 2. The first-order valence-electron chi connectivity index (χ1n) is 5.68. The lowest BCUT2D eigenvalue weighted by Gasteiger charge is -2.27. The topological polar surface area (TPSA) is 12.5 Å². The largest absolute Gasteiger partial charge is 0.379 e. The molecule has 0 aliphatic carbocycles. The third-order valence-corrected chi connectivity index (χ3v) is 3.90. The number of anilines is 1. The number of ether oxygens (including phenoxy) is 1. The van der Waals surface area contributed by atoms with E-state index in [-0.39, 0.29) is 0 Å². The molecule has 0 bridgehead atoms. The summed E-state index contributed by atoms with van der Waals surface area (Å²) < 4.78 is 5.44. The summed E-state index contributed by atoms with van der Waals surface area (Å²) in [5.74, 6) is 0. The highest BCUT2D eigenvalue weighted by atomic mass is 79.9. The van der Waals surface area contributed by atoms with Gasteiger partial charge in [0.2, 0.25) is 0 Å². The number of hydrogen-bond donors (Lipinski definition) is 0. The molecule has 2 nitrogen and oxygen atoms in total. The zero-order valence-electron chi connectivity index (χ0n) is 9.87. The fraction of sp³-hybridized carbons (Fsp3) is 0.538. The van der Waals surface area contributed by atoms with Crippen LogP contribution in [0.1, 0.15) is 17.5 Å². The van der Waals surface area contributed by atoms with E-state index in [1.807, 2.05) is 0 Å². The van der Waals surface area contributed by atoms with Crippen LogP contribution in [-0.2, 0) is 10.1 Å². The monoisotopic (exact) mass is 283 g/mol. The smallest absolute Gasteiger partial charge is 0.0670 e. The van der Waals surface area contributed by atoms with E-state index >= 15 is 0 Å². The fourth-order valence-electron chi connectivity index (χ4n) is 2.22. The van der Waals surface area contributed by atoms with Gasteiger partial charge in [0.25, 0.3) is 0 Å². The van der Waals surface area contributed by atoms with Crippen molar-refractivity contribution in [2.45, 2.75) is 24.7 Å². The Bertz CT molecular complexity index is 361. The highest BCUT2D eigenvalue weighted by Crippen LogP contribution is 2.25. The van der Waals surface area contributed by atoms with Crippen molar-refractivity contribution in [2.24, 2.45) is 0 Å². The molecule has 1 fully saturated rings. The van der Waals surface area contributed by atoms with E-state index in [9.17, 15) is 0 Å². The minimum atomic E-state index is 0.536. The van der Waals surface area contributed by atoms with Crippen LogP contribution in [0.4, 0.5) is 5.69 Å². The van der Waals surface area contributed by atoms with E-state index in [0.717, 1.165) is 25.0 Å². The Morgan fingerprint density at radius 2 is 2.31 bits per heavy atom. The molecule has 1 atom stereocenters. The van der Waals surface area contributed by atoms with Crippen molar-refractivity contribution in [3.8, 4) is 0 Å². The molecule has 0 radical (unpaired) electrons. The lowest BCUT2D eigenvalue weighted by atomic mass is 10.1. The van der Waals surface area contributed by atoms with E-state index in [0.29, 0.717) is 6.04 Å². The number of halogens is 1. The van der Waals surface area contributed by atoms with Crippen molar-refractivity contribution >= 4 is 21.6 Å². The van der Waals surface area contributed by atoms with Crippen LogP contribution in [0, 0.1) is 6.92 Å². The molecule has 1 unspecified atom stereocenters. The maximum atomic E-state index is 5.44. The number of rotatable bonds is 3. The molecule has 0 aromatic heterocycles. The molecule has 3 heteroatoms. The van der Waals surface area contributed by atoms with Gasteiger partial charge in [0, 0.05) is 24.7 Å². The maximum Gasteiger partial charge on any atom is 0.0670 e. The number of alkyl halides is 1. The summed E-state index contributed by atoms with van der Waals surface area (Å²) >= 11 is 3.49. The molecule has 1 aliphatic rings. The molecule has 0 spiro atoms. The third-order valence-electron chi connectivity index (χ3n) is 3.25. The van der Waals surface area contributed by atoms with Gasteiger partial charge in [-0.1, -0.05) is 28.1 Å². The lowest BCUT2D eigenvalue weighted by Crippen LogP contribution is -2.32.